The van der Waals surface area contributed by atoms with E-state index in [1.165, 1.54) is 0 Å². The summed E-state index contributed by atoms with van der Waals surface area (Å²) in [5.41, 5.74) is 2.05. The first-order valence-corrected chi connectivity index (χ1v) is 8.21. The Kier molecular flexibility index (Phi) is 4.35. The van der Waals surface area contributed by atoms with Gasteiger partial charge in [-0.25, -0.2) is 0 Å². The number of rotatable bonds is 2. The fourth-order valence-corrected chi connectivity index (χ4v) is 3.10. The Balaban J connectivity index is 1.99. The molecule has 1 saturated heterocycles. The SMILES string of the molecule is CC(C)(C)C1OC(c2cccnc2)C(c2ccccc2Br)O1. The van der Waals surface area contributed by atoms with Crippen molar-refractivity contribution in [2.24, 2.45) is 5.41 Å². The second-order valence-electron chi connectivity index (χ2n) is 6.62. The molecule has 0 saturated carbocycles. The molecule has 0 N–H and O–H groups in total. The Morgan fingerprint density at radius 3 is 2.36 bits per heavy atom. The van der Waals surface area contributed by atoms with Gasteiger partial charge in [-0.1, -0.05) is 61.0 Å². The first-order chi connectivity index (χ1) is 10.5. The zero-order chi connectivity index (χ0) is 15.7. The number of pyridine rings is 1. The third-order valence-corrected chi connectivity index (χ3v) is 4.47. The highest BCUT2D eigenvalue weighted by atomic mass is 79.9. The second-order valence-corrected chi connectivity index (χ2v) is 7.47. The summed E-state index contributed by atoms with van der Waals surface area (Å²) in [5.74, 6) is 0. The summed E-state index contributed by atoms with van der Waals surface area (Å²) in [5, 5.41) is 0. The molecule has 2 heterocycles. The van der Waals surface area contributed by atoms with Crippen LogP contribution in [0.25, 0.3) is 0 Å². The average Bonchev–Trinajstić information content (AvgIpc) is 2.94. The van der Waals surface area contributed by atoms with Crippen LogP contribution in [-0.4, -0.2) is 11.3 Å². The van der Waals surface area contributed by atoms with Crippen LogP contribution < -0.4 is 0 Å². The predicted octanol–water partition coefficient (Wildman–Crippen LogP) is 5.05. The Bertz CT molecular complexity index is 639. The highest BCUT2D eigenvalue weighted by Gasteiger charge is 2.43. The lowest BCUT2D eigenvalue weighted by Gasteiger charge is -2.25. The molecule has 116 valence electrons. The minimum absolute atomic E-state index is 0.0868. The molecule has 0 radical (unpaired) electrons. The lowest BCUT2D eigenvalue weighted by Crippen LogP contribution is -2.27. The van der Waals surface area contributed by atoms with Crippen LogP contribution in [0, 0.1) is 5.41 Å². The van der Waals surface area contributed by atoms with Gasteiger partial charge in [-0.05, 0) is 17.7 Å². The van der Waals surface area contributed by atoms with E-state index in [2.05, 4.69) is 47.8 Å². The maximum atomic E-state index is 6.28. The van der Waals surface area contributed by atoms with E-state index in [1.807, 2.05) is 36.5 Å². The number of hydrogen-bond donors (Lipinski definition) is 0. The zero-order valence-corrected chi connectivity index (χ0v) is 14.6. The van der Waals surface area contributed by atoms with Crippen molar-refractivity contribution in [3.63, 3.8) is 0 Å². The second kappa shape index (κ2) is 6.11. The van der Waals surface area contributed by atoms with Crippen molar-refractivity contribution >= 4 is 15.9 Å². The van der Waals surface area contributed by atoms with Crippen LogP contribution in [0.3, 0.4) is 0 Å². The van der Waals surface area contributed by atoms with Crippen LogP contribution in [-0.2, 0) is 9.47 Å². The van der Waals surface area contributed by atoms with Gasteiger partial charge in [0.05, 0.1) is 0 Å². The summed E-state index contributed by atoms with van der Waals surface area (Å²) in [6, 6.07) is 12.1. The molecule has 0 amide bonds. The van der Waals surface area contributed by atoms with Crippen LogP contribution in [0.4, 0.5) is 0 Å². The summed E-state index contributed by atoms with van der Waals surface area (Å²) in [6.45, 7) is 6.38. The molecule has 1 aromatic carbocycles. The Morgan fingerprint density at radius 2 is 1.73 bits per heavy atom. The highest BCUT2D eigenvalue weighted by molar-refractivity contribution is 9.10. The van der Waals surface area contributed by atoms with E-state index in [9.17, 15) is 0 Å². The van der Waals surface area contributed by atoms with Crippen LogP contribution >= 0.6 is 15.9 Å². The molecule has 22 heavy (non-hydrogen) atoms. The van der Waals surface area contributed by atoms with Gasteiger partial charge in [0.15, 0.2) is 6.29 Å². The number of benzene rings is 1. The van der Waals surface area contributed by atoms with E-state index in [1.54, 1.807) is 6.20 Å². The molecule has 3 nitrogen and oxygen atoms in total. The molecule has 1 fully saturated rings. The van der Waals surface area contributed by atoms with Crippen LogP contribution in [0.5, 0.6) is 0 Å². The summed E-state index contributed by atoms with van der Waals surface area (Å²) in [7, 11) is 0. The lowest BCUT2D eigenvalue weighted by atomic mass is 9.96. The summed E-state index contributed by atoms with van der Waals surface area (Å²) in [4.78, 5) is 4.22. The molecule has 3 unspecified atom stereocenters. The monoisotopic (exact) mass is 361 g/mol. The minimum atomic E-state index is -0.255. The van der Waals surface area contributed by atoms with Gasteiger partial charge in [0.25, 0.3) is 0 Å². The van der Waals surface area contributed by atoms with Gasteiger partial charge in [-0.2, -0.15) is 0 Å². The zero-order valence-electron chi connectivity index (χ0n) is 13.0. The molecule has 1 aliphatic rings. The first kappa shape index (κ1) is 15.7. The van der Waals surface area contributed by atoms with Crippen LogP contribution in [0.15, 0.2) is 53.3 Å². The predicted molar refractivity (Wildman–Crippen MR) is 89.3 cm³/mol. The summed E-state index contributed by atoms with van der Waals surface area (Å²) >= 11 is 3.63. The van der Waals surface area contributed by atoms with Crippen LogP contribution in [0.2, 0.25) is 0 Å². The smallest absolute Gasteiger partial charge is 0.164 e. The van der Waals surface area contributed by atoms with Crippen molar-refractivity contribution in [1.82, 2.24) is 4.98 Å². The number of nitrogens with zero attached hydrogens (tertiary/aromatic N) is 1. The number of aromatic nitrogens is 1. The fraction of sp³-hybridized carbons (Fsp3) is 0.389. The fourth-order valence-electron chi connectivity index (χ4n) is 2.59. The molecule has 3 rings (SSSR count). The summed E-state index contributed by atoms with van der Waals surface area (Å²) < 4.78 is 13.6. The Hall–Kier alpha value is -1.23. The molecular weight excluding hydrogens is 342 g/mol. The third kappa shape index (κ3) is 3.09. The number of ether oxygens (including phenoxy) is 2. The lowest BCUT2D eigenvalue weighted by molar-refractivity contribution is -0.132. The molecule has 4 heteroatoms. The van der Waals surface area contributed by atoms with E-state index < -0.39 is 0 Å². The third-order valence-electron chi connectivity index (χ3n) is 3.75. The van der Waals surface area contributed by atoms with Gasteiger partial charge in [-0.15, -0.1) is 0 Å². The molecule has 0 bridgehead atoms. The van der Waals surface area contributed by atoms with Gasteiger partial charge in [0.1, 0.15) is 12.2 Å². The molecule has 1 aliphatic heterocycles. The topological polar surface area (TPSA) is 31.4 Å². The molecule has 0 spiro atoms. The van der Waals surface area contributed by atoms with Gasteiger partial charge in [0.2, 0.25) is 0 Å². The van der Waals surface area contributed by atoms with E-state index in [4.69, 9.17) is 9.47 Å². The highest BCUT2D eigenvalue weighted by Crippen LogP contribution is 2.48. The standard InChI is InChI=1S/C18H20BrNO2/c1-18(2,3)17-21-15(12-7-6-10-20-11-12)16(22-17)13-8-4-5-9-14(13)19/h4-11,15-17H,1-3H3. The van der Waals surface area contributed by atoms with Gasteiger partial charge in [0, 0.05) is 27.8 Å². The van der Waals surface area contributed by atoms with Crippen molar-refractivity contribution in [3.8, 4) is 0 Å². The molecule has 1 aromatic heterocycles. The molecule has 0 aliphatic carbocycles. The van der Waals surface area contributed by atoms with Crippen LogP contribution in [0.1, 0.15) is 44.1 Å². The quantitative estimate of drug-likeness (QED) is 0.750. The number of hydrogen-bond acceptors (Lipinski definition) is 3. The maximum absolute atomic E-state index is 6.28. The van der Waals surface area contributed by atoms with Crippen molar-refractivity contribution in [2.75, 3.05) is 0 Å². The first-order valence-electron chi connectivity index (χ1n) is 7.42. The van der Waals surface area contributed by atoms with Gasteiger partial charge < -0.3 is 9.47 Å². The van der Waals surface area contributed by atoms with Crippen molar-refractivity contribution in [1.29, 1.82) is 0 Å². The minimum Gasteiger partial charge on any atom is -0.341 e. The normalized spacial score (nSPS) is 25.4. The summed E-state index contributed by atoms with van der Waals surface area (Å²) in [6.07, 6.45) is 3.06. The van der Waals surface area contributed by atoms with E-state index in [0.29, 0.717) is 0 Å². The number of halogens is 1. The van der Waals surface area contributed by atoms with Crippen molar-refractivity contribution in [3.05, 3.63) is 64.4 Å². The average molecular weight is 362 g/mol. The molecule has 3 atom stereocenters. The molecule has 2 aromatic rings. The Morgan fingerprint density at radius 1 is 1.00 bits per heavy atom. The maximum Gasteiger partial charge on any atom is 0.164 e. The van der Waals surface area contributed by atoms with Crippen molar-refractivity contribution in [2.45, 2.75) is 39.3 Å². The van der Waals surface area contributed by atoms with E-state index in [-0.39, 0.29) is 23.9 Å². The van der Waals surface area contributed by atoms with Crippen molar-refractivity contribution < 1.29 is 9.47 Å². The Labute approximate surface area is 139 Å². The van der Waals surface area contributed by atoms with E-state index >= 15 is 0 Å². The van der Waals surface area contributed by atoms with E-state index in [0.717, 1.165) is 15.6 Å². The molecular formula is C18H20BrNO2. The van der Waals surface area contributed by atoms with Gasteiger partial charge >= 0.3 is 0 Å². The van der Waals surface area contributed by atoms with Gasteiger partial charge in [-0.3, -0.25) is 4.98 Å². The largest absolute Gasteiger partial charge is 0.341 e.